The maximum absolute atomic E-state index is 14.0. The van der Waals surface area contributed by atoms with E-state index in [9.17, 15) is 14.4 Å². The molecule has 1 aromatic carbocycles. The third kappa shape index (κ3) is 5.41. The number of likely N-dealkylation sites (tertiary alicyclic amines) is 1. The minimum atomic E-state index is -1.12. The quantitative estimate of drug-likeness (QED) is 0.527. The molecular formula is C27H35ClN2O5. The first-order valence-corrected chi connectivity index (χ1v) is 13.1. The van der Waals surface area contributed by atoms with Crippen LogP contribution in [-0.2, 0) is 30.3 Å². The number of amides is 2. The van der Waals surface area contributed by atoms with Crippen LogP contribution in [0.1, 0.15) is 51.0 Å². The van der Waals surface area contributed by atoms with Gasteiger partial charge >= 0.3 is 5.97 Å². The zero-order valence-corrected chi connectivity index (χ0v) is 21.2. The van der Waals surface area contributed by atoms with Crippen LogP contribution < -0.4 is 0 Å². The number of esters is 1. The molecule has 8 heteroatoms. The number of halogens is 1. The number of hydrogen-bond donors (Lipinski definition) is 0. The lowest BCUT2D eigenvalue weighted by Gasteiger charge is -2.35. The zero-order valence-electron chi connectivity index (χ0n) is 20.5. The standard InChI is InChI=1S/C27H35ClN2O5/c1-2-35-26(33)27-13-6-4-3-5-7-23(27)30(14-12-20-8-10-21(28)11-9-20)25(32)22(27)19-24(31)29-15-17-34-18-16-29/h7-11,22H,2-6,12-19H2,1H3/b23-7+/t22-,27+/m1/s1. The molecule has 0 spiro atoms. The average molecular weight is 503 g/mol. The van der Waals surface area contributed by atoms with Gasteiger partial charge in [0, 0.05) is 36.8 Å². The molecule has 0 bridgehead atoms. The first kappa shape index (κ1) is 25.7. The van der Waals surface area contributed by atoms with Crippen molar-refractivity contribution in [3.63, 3.8) is 0 Å². The fourth-order valence-corrected chi connectivity index (χ4v) is 5.73. The highest BCUT2D eigenvalue weighted by atomic mass is 35.5. The second-order valence-corrected chi connectivity index (χ2v) is 9.93. The van der Waals surface area contributed by atoms with Crippen molar-refractivity contribution in [3.05, 3.63) is 46.6 Å². The molecule has 1 aromatic rings. The highest BCUT2D eigenvalue weighted by Gasteiger charge is 2.61. The summed E-state index contributed by atoms with van der Waals surface area (Å²) in [5.41, 5.74) is 0.674. The summed E-state index contributed by atoms with van der Waals surface area (Å²) < 4.78 is 11.0. The first-order chi connectivity index (χ1) is 17.0. The maximum atomic E-state index is 14.0. The second kappa shape index (κ2) is 11.6. The number of rotatable bonds is 7. The number of benzene rings is 1. The van der Waals surface area contributed by atoms with Crippen LogP contribution in [-0.4, -0.2) is 67.0 Å². The molecule has 2 aliphatic heterocycles. The van der Waals surface area contributed by atoms with Crippen LogP contribution in [0.3, 0.4) is 0 Å². The molecule has 1 aliphatic carbocycles. The van der Waals surface area contributed by atoms with E-state index in [-0.39, 0.29) is 30.8 Å². The van der Waals surface area contributed by atoms with Crippen molar-refractivity contribution >= 4 is 29.4 Å². The van der Waals surface area contributed by atoms with Crippen molar-refractivity contribution < 1.29 is 23.9 Å². The molecule has 7 nitrogen and oxygen atoms in total. The summed E-state index contributed by atoms with van der Waals surface area (Å²) in [7, 11) is 0. The molecule has 4 rings (SSSR count). The molecule has 2 fully saturated rings. The minimum Gasteiger partial charge on any atom is -0.465 e. The van der Waals surface area contributed by atoms with E-state index in [1.54, 1.807) is 16.7 Å². The zero-order chi connectivity index (χ0) is 24.8. The lowest BCUT2D eigenvalue weighted by atomic mass is 9.69. The van der Waals surface area contributed by atoms with Crippen LogP contribution in [0, 0.1) is 11.3 Å². The number of allylic oxidation sites excluding steroid dienone is 1. The summed E-state index contributed by atoms with van der Waals surface area (Å²) >= 11 is 6.03. The largest absolute Gasteiger partial charge is 0.465 e. The molecule has 190 valence electrons. The van der Waals surface area contributed by atoms with Crippen LogP contribution in [0.5, 0.6) is 0 Å². The van der Waals surface area contributed by atoms with Gasteiger partial charge in [0.25, 0.3) is 0 Å². The monoisotopic (exact) mass is 502 g/mol. The number of carbonyl (C=O) groups is 3. The Kier molecular flexibility index (Phi) is 8.50. The van der Waals surface area contributed by atoms with Crippen molar-refractivity contribution in [1.29, 1.82) is 0 Å². The number of hydrogen-bond acceptors (Lipinski definition) is 5. The Morgan fingerprint density at radius 1 is 1.14 bits per heavy atom. The lowest BCUT2D eigenvalue weighted by Crippen LogP contribution is -2.45. The minimum absolute atomic E-state index is 0.00638. The van der Waals surface area contributed by atoms with Crippen molar-refractivity contribution in [1.82, 2.24) is 9.80 Å². The Labute approximate surface area is 212 Å². The average Bonchev–Trinajstić information content (AvgIpc) is 3.06. The van der Waals surface area contributed by atoms with Crippen LogP contribution in [0.4, 0.5) is 0 Å². The van der Waals surface area contributed by atoms with Gasteiger partial charge in [-0.15, -0.1) is 0 Å². The Balaban J connectivity index is 1.67. The van der Waals surface area contributed by atoms with Gasteiger partial charge in [-0.25, -0.2) is 0 Å². The van der Waals surface area contributed by atoms with Crippen LogP contribution >= 0.6 is 11.6 Å². The van der Waals surface area contributed by atoms with Crippen LogP contribution in [0.2, 0.25) is 5.02 Å². The molecule has 3 aliphatic rings. The van der Waals surface area contributed by atoms with Gasteiger partial charge in [0.1, 0.15) is 5.41 Å². The first-order valence-electron chi connectivity index (χ1n) is 12.8. The van der Waals surface area contributed by atoms with Crippen molar-refractivity contribution in [2.75, 3.05) is 39.5 Å². The molecular weight excluding hydrogens is 468 g/mol. The Morgan fingerprint density at radius 3 is 2.60 bits per heavy atom. The van der Waals surface area contributed by atoms with Crippen molar-refractivity contribution in [2.24, 2.45) is 11.3 Å². The summed E-state index contributed by atoms with van der Waals surface area (Å²) in [6.45, 7) is 4.46. The van der Waals surface area contributed by atoms with E-state index in [0.717, 1.165) is 36.9 Å². The molecule has 0 unspecified atom stereocenters. The summed E-state index contributed by atoms with van der Waals surface area (Å²) in [5.74, 6) is -1.39. The molecule has 2 heterocycles. The maximum Gasteiger partial charge on any atom is 0.318 e. The van der Waals surface area contributed by atoms with E-state index in [1.807, 2.05) is 24.3 Å². The molecule has 0 N–H and O–H groups in total. The van der Waals surface area contributed by atoms with Crippen molar-refractivity contribution in [2.45, 2.75) is 51.9 Å². The van der Waals surface area contributed by atoms with Crippen LogP contribution in [0.15, 0.2) is 36.0 Å². The van der Waals surface area contributed by atoms with Gasteiger partial charge in [0.2, 0.25) is 11.8 Å². The van der Waals surface area contributed by atoms with Gasteiger partial charge in [0.15, 0.2) is 0 Å². The smallest absolute Gasteiger partial charge is 0.318 e. The van der Waals surface area contributed by atoms with Crippen LogP contribution in [0.25, 0.3) is 0 Å². The predicted molar refractivity (Wildman–Crippen MR) is 133 cm³/mol. The van der Waals surface area contributed by atoms with E-state index >= 15 is 0 Å². The summed E-state index contributed by atoms with van der Waals surface area (Å²) in [6, 6.07) is 7.58. The lowest BCUT2D eigenvalue weighted by molar-refractivity contribution is -0.158. The Morgan fingerprint density at radius 2 is 1.89 bits per heavy atom. The molecule has 35 heavy (non-hydrogen) atoms. The summed E-state index contributed by atoms with van der Waals surface area (Å²) in [6.07, 6.45) is 6.81. The third-order valence-corrected chi connectivity index (χ3v) is 7.69. The topological polar surface area (TPSA) is 76.2 Å². The second-order valence-electron chi connectivity index (χ2n) is 9.50. The van der Waals surface area contributed by atoms with Crippen molar-refractivity contribution in [3.8, 4) is 0 Å². The Bertz CT molecular complexity index is 957. The molecule has 2 amide bonds. The van der Waals surface area contributed by atoms with E-state index in [0.29, 0.717) is 50.7 Å². The Hall–Kier alpha value is -2.38. The predicted octanol–water partition coefficient (Wildman–Crippen LogP) is 3.99. The van der Waals surface area contributed by atoms with E-state index in [1.165, 1.54) is 0 Å². The van der Waals surface area contributed by atoms with Gasteiger partial charge < -0.3 is 19.3 Å². The van der Waals surface area contributed by atoms with Gasteiger partial charge in [-0.2, -0.15) is 0 Å². The highest BCUT2D eigenvalue weighted by Crippen LogP contribution is 2.52. The van der Waals surface area contributed by atoms with E-state index in [4.69, 9.17) is 21.1 Å². The highest BCUT2D eigenvalue weighted by molar-refractivity contribution is 6.30. The molecule has 0 saturated carbocycles. The fourth-order valence-electron chi connectivity index (χ4n) is 5.60. The number of ether oxygens (including phenoxy) is 2. The number of fused-ring (bicyclic) bond motifs is 1. The number of morpholine rings is 1. The molecule has 0 aromatic heterocycles. The molecule has 2 saturated heterocycles. The molecule has 2 atom stereocenters. The molecule has 0 radical (unpaired) electrons. The van der Waals surface area contributed by atoms with Gasteiger partial charge in [0.05, 0.1) is 25.7 Å². The van der Waals surface area contributed by atoms with Gasteiger partial charge in [-0.05, 0) is 50.3 Å². The normalized spacial score (nSPS) is 26.4. The fraction of sp³-hybridized carbons (Fsp3) is 0.593. The van der Waals surface area contributed by atoms with Gasteiger partial charge in [-0.3, -0.25) is 14.4 Å². The SMILES string of the molecule is CCOC(=O)[C@]12CCCCC/C=C\1N(CCc1ccc(Cl)cc1)C(=O)[C@H]2CC(=O)N1CCOCC1. The number of nitrogens with zero attached hydrogens (tertiary/aromatic N) is 2. The van der Waals surface area contributed by atoms with E-state index < -0.39 is 11.3 Å². The third-order valence-electron chi connectivity index (χ3n) is 7.44. The summed E-state index contributed by atoms with van der Waals surface area (Å²) in [4.78, 5) is 44.4. The van der Waals surface area contributed by atoms with E-state index in [2.05, 4.69) is 6.08 Å². The van der Waals surface area contributed by atoms with Gasteiger partial charge in [-0.1, -0.05) is 42.7 Å². The summed E-state index contributed by atoms with van der Waals surface area (Å²) in [5, 5.41) is 0.664. The number of carbonyl (C=O) groups excluding carboxylic acids is 3.